The van der Waals surface area contributed by atoms with Crippen LogP contribution in [-0.2, 0) is 19.2 Å². The molecule has 1 aromatic carbocycles. The number of benzene rings is 1. The number of phenolic OH excluding ortho intramolecular Hbond substituents is 1. The van der Waals surface area contributed by atoms with E-state index in [1.54, 1.807) is 18.2 Å². The maximum atomic E-state index is 13.0. The summed E-state index contributed by atoms with van der Waals surface area (Å²) in [7, 11) is 0. The highest BCUT2D eigenvalue weighted by Gasteiger charge is 2.43. The van der Waals surface area contributed by atoms with Crippen molar-refractivity contribution in [1.29, 1.82) is 0 Å². The van der Waals surface area contributed by atoms with E-state index >= 15 is 0 Å². The second kappa shape index (κ2) is 12.3. The smallest absolute Gasteiger partial charge is 0.326 e. The summed E-state index contributed by atoms with van der Waals surface area (Å²) in [6.45, 7) is 1.42. The predicted molar refractivity (Wildman–Crippen MR) is 124 cm³/mol. The number of carboxylic acid groups (broad SMARTS) is 1. The van der Waals surface area contributed by atoms with E-state index < -0.39 is 29.3 Å². The van der Waals surface area contributed by atoms with Gasteiger partial charge in [0, 0.05) is 30.4 Å². The summed E-state index contributed by atoms with van der Waals surface area (Å²) in [6, 6.07) is 4.69. The van der Waals surface area contributed by atoms with Gasteiger partial charge in [0.05, 0.1) is 0 Å². The van der Waals surface area contributed by atoms with E-state index in [2.05, 4.69) is 5.32 Å². The normalized spacial score (nSPS) is 19.1. The number of hydrogen-bond donors (Lipinski definition) is 3. The van der Waals surface area contributed by atoms with Crippen LogP contribution < -0.4 is 5.32 Å². The number of phenols is 1. The summed E-state index contributed by atoms with van der Waals surface area (Å²) < 4.78 is 0. The van der Waals surface area contributed by atoms with Crippen LogP contribution >= 0.6 is 35.3 Å². The van der Waals surface area contributed by atoms with Crippen LogP contribution in [-0.4, -0.2) is 73.6 Å². The van der Waals surface area contributed by atoms with Crippen molar-refractivity contribution in [3.05, 3.63) is 29.8 Å². The molecule has 11 heteroatoms. The lowest BCUT2D eigenvalue weighted by Crippen LogP contribution is -2.52. The van der Waals surface area contributed by atoms with Gasteiger partial charge >= 0.3 is 5.97 Å². The molecular weight excluding hydrogens is 460 g/mol. The fourth-order valence-electron chi connectivity index (χ4n) is 3.12. The first-order valence-corrected chi connectivity index (χ1v) is 13.0. The molecular formula is C20H26N2O6S3. The molecule has 0 saturated carbocycles. The van der Waals surface area contributed by atoms with Crippen LogP contribution in [0.4, 0.5) is 0 Å². The van der Waals surface area contributed by atoms with Crippen molar-refractivity contribution in [2.24, 2.45) is 0 Å². The largest absolute Gasteiger partial charge is 0.508 e. The topological polar surface area (TPSA) is 124 Å². The van der Waals surface area contributed by atoms with Gasteiger partial charge in [0.1, 0.15) is 23.2 Å². The predicted octanol–water partition coefficient (Wildman–Crippen LogP) is 2.33. The number of nitrogens with zero attached hydrogens (tertiary/aromatic N) is 1. The summed E-state index contributed by atoms with van der Waals surface area (Å²) in [5, 5.41) is 21.6. The summed E-state index contributed by atoms with van der Waals surface area (Å²) in [6.07, 6.45) is 2.17. The third-order valence-corrected chi connectivity index (χ3v) is 7.40. The van der Waals surface area contributed by atoms with Gasteiger partial charge in [-0.15, -0.1) is 11.8 Å². The molecule has 1 aromatic rings. The van der Waals surface area contributed by atoms with Crippen molar-refractivity contribution >= 4 is 58.2 Å². The fraction of sp³-hybridized carbons (Fsp3) is 0.500. The highest BCUT2D eigenvalue weighted by Crippen LogP contribution is 2.44. The number of hydrogen-bond acceptors (Lipinski definition) is 8. The maximum Gasteiger partial charge on any atom is 0.326 e. The van der Waals surface area contributed by atoms with E-state index in [0.717, 1.165) is 11.8 Å². The Hall–Kier alpha value is -1.85. The number of aliphatic carboxylic acids is 1. The van der Waals surface area contributed by atoms with Crippen LogP contribution in [0.5, 0.6) is 5.75 Å². The van der Waals surface area contributed by atoms with Crippen LogP contribution in [0.2, 0.25) is 0 Å². The van der Waals surface area contributed by atoms with Gasteiger partial charge in [-0.05, 0) is 24.5 Å². The second-order valence-corrected chi connectivity index (χ2v) is 10.2. The quantitative estimate of drug-likeness (QED) is 0.457. The zero-order chi connectivity index (χ0) is 23.0. The lowest BCUT2D eigenvalue weighted by Gasteiger charge is -2.30. The van der Waals surface area contributed by atoms with Gasteiger partial charge in [0.2, 0.25) is 11.8 Å². The van der Waals surface area contributed by atoms with E-state index in [4.69, 9.17) is 0 Å². The molecule has 2 rings (SSSR count). The van der Waals surface area contributed by atoms with Crippen molar-refractivity contribution < 1.29 is 29.4 Å². The van der Waals surface area contributed by atoms with Crippen LogP contribution in [0.25, 0.3) is 0 Å². The number of rotatable bonds is 10. The monoisotopic (exact) mass is 486 g/mol. The minimum atomic E-state index is -1.12. The van der Waals surface area contributed by atoms with E-state index in [1.807, 2.05) is 6.26 Å². The molecule has 170 valence electrons. The molecule has 0 aliphatic carbocycles. The lowest BCUT2D eigenvalue weighted by molar-refractivity contribution is -0.144. The molecule has 3 N–H and O–H groups in total. The first kappa shape index (κ1) is 25.4. The van der Waals surface area contributed by atoms with Crippen LogP contribution in [0.1, 0.15) is 30.7 Å². The number of nitrogens with one attached hydrogen (secondary N) is 1. The van der Waals surface area contributed by atoms with Crippen molar-refractivity contribution in [3.63, 3.8) is 0 Å². The first-order valence-electron chi connectivity index (χ1n) is 9.62. The third kappa shape index (κ3) is 7.08. The molecule has 1 fully saturated rings. The van der Waals surface area contributed by atoms with Gasteiger partial charge in [0.25, 0.3) is 0 Å². The van der Waals surface area contributed by atoms with E-state index in [9.17, 15) is 29.4 Å². The SMILES string of the molecule is CSCC[C@H](NC(=O)[C@@H]1CS[C@H](c2ccccc2O)N1C(=O)CCSC(C)=O)C(=O)O. The van der Waals surface area contributed by atoms with E-state index in [0.29, 0.717) is 11.3 Å². The maximum absolute atomic E-state index is 13.0. The summed E-state index contributed by atoms with van der Waals surface area (Å²) in [5.74, 6) is -0.855. The molecule has 0 unspecified atom stereocenters. The number of amides is 2. The number of carbonyl (C=O) groups excluding carboxylic acids is 3. The molecule has 1 heterocycles. The molecule has 0 radical (unpaired) electrons. The van der Waals surface area contributed by atoms with Gasteiger partial charge in [-0.2, -0.15) is 11.8 Å². The van der Waals surface area contributed by atoms with Gasteiger partial charge in [-0.25, -0.2) is 4.79 Å². The van der Waals surface area contributed by atoms with Crippen molar-refractivity contribution in [1.82, 2.24) is 10.2 Å². The highest BCUT2D eigenvalue weighted by molar-refractivity contribution is 8.13. The Morgan fingerprint density at radius 3 is 2.58 bits per heavy atom. The molecule has 1 aliphatic heterocycles. The Bertz CT molecular complexity index is 822. The summed E-state index contributed by atoms with van der Waals surface area (Å²) in [5.41, 5.74) is 0.507. The lowest BCUT2D eigenvalue weighted by atomic mass is 10.1. The number of thioether (sulfide) groups is 3. The van der Waals surface area contributed by atoms with Gasteiger partial charge in [-0.3, -0.25) is 14.4 Å². The van der Waals surface area contributed by atoms with Crippen LogP contribution in [0, 0.1) is 0 Å². The molecule has 0 aromatic heterocycles. The van der Waals surface area contributed by atoms with Gasteiger partial charge in [0.15, 0.2) is 5.12 Å². The average Bonchev–Trinajstić information content (AvgIpc) is 3.15. The Morgan fingerprint density at radius 2 is 1.97 bits per heavy atom. The first-order chi connectivity index (χ1) is 14.8. The number of carboxylic acids is 1. The molecule has 0 spiro atoms. The van der Waals surface area contributed by atoms with Crippen LogP contribution in [0.15, 0.2) is 24.3 Å². The molecule has 1 saturated heterocycles. The van der Waals surface area contributed by atoms with Crippen LogP contribution in [0.3, 0.4) is 0 Å². The Balaban J connectivity index is 2.24. The van der Waals surface area contributed by atoms with Crippen molar-refractivity contribution in [3.8, 4) is 5.75 Å². The molecule has 0 bridgehead atoms. The third-order valence-electron chi connectivity index (χ3n) is 4.64. The highest BCUT2D eigenvalue weighted by atomic mass is 32.2. The van der Waals surface area contributed by atoms with Gasteiger partial charge < -0.3 is 20.4 Å². The van der Waals surface area contributed by atoms with E-state index in [-0.39, 0.29) is 41.1 Å². The Labute approximate surface area is 193 Å². The Kier molecular flexibility index (Phi) is 10.0. The summed E-state index contributed by atoms with van der Waals surface area (Å²) >= 11 is 3.85. The molecule has 2 amide bonds. The fourth-order valence-corrected chi connectivity index (χ4v) is 5.64. The zero-order valence-corrected chi connectivity index (χ0v) is 19.7. The standard InChI is InChI=1S/C20H26N2O6S3/c1-12(23)30-10-8-17(25)22-15(18(26)21-14(20(27)28)7-9-29-2)11-31-19(22)13-5-3-4-6-16(13)24/h3-6,14-15,19,24H,7-11H2,1-2H3,(H,21,26)(H,27,28)/t14-,15-,19+/m0/s1. The molecule has 31 heavy (non-hydrogen) atoms. The minimum Gasteiger partial charge on any atom is -0.508 e. The molecule has 8 nitrogen and oxygen atoms in total. The van der Waals surface area contributed by atoms with Gasteiger partial charge in [-0.1, -0.05) is 30.0 Å². The average molecular weight is 487 g/mol. The minimum absolute atomic E-state index is 0.0142. The molecule has 1 aliphatic rings. The summed E-state index contributed by atoms with van der Waals surface area (Å²) in [4.78, 5) is 50.1. The second-order valence-electron chi connectivity index (χ2n) is 6.83. The van der Waals surface area contributed by atoms with Crippen molar-refractivity contribution in [2.75, 3.05) is 23.5 Å². The number of para-hydroxylation sites is 1. The van der Waals surface area contributed by atoms with Crippen molar-refractivity contribution in [2.45, 2.75) is 37.2 Å². The number of carbonyl (C=O) groups is 4. The Morgan fingerprint density at radius 1 is 1.26 bits per heavy atom. The zero-order valence-electron chi connectivity index (χ0n) is 17.3. The molecule has 3 atom stereocenters. The van der Waals surface area contributed by atoms with E-state index in [1.165, 1.54) is 41.4 Å². The number of aromatic hydroxyl groups is 1.